The molecule has 4 nitrogen and oxygen atoms in total. The summed E-state index contributed by atoms with van der Waals surface area (Å²) >= 11 is -0.244. The Balaban J connectivity index is 1.38. The molecule has 0 saturated carbocycles. The fraction of sp³-hybridized carbons (Fsp3) is 0.269. The molecule has 0 aliphatic carbocycles. The van der Waals surface area contributed by atoms with E-state index in [1.54, 1.807) is 24.3 Å². The average molecular weight is 529 g/mol. The third kappa shape index (κ3) is 5.86. The van der Waals surface area contributed by atoms with E-state index in [9.17, 15) is 4.79 Å². The van der Waals surface area contributed by atoms with Crippen LogP contribution in [0.5, 0.6) is 17.2 Å². The van der Waals surface area contributed by atoms with Crippen molar-refractivity contribution in [3.63, 3.8) is 0 Å². The second-order valence-corrected chi connectivity index (χ2v) is 11.5. The number of carbonyl (C=O) groups is 1. The molecule has 0 aromatic heterocycles. The van der Waals surface area contributed by atoms with Gasteiger partial charge in [-0.3, -0.25) is 0 Å². The molecule has 1 aliphatic rings. The van der Waals surface area contributed by atoms with Crippen LogP contribution in [0, 0.1) is 14.1 Å². The monoisotopic (exact) mass is 529 g/mol. The Morgan fingerprint density at radius 1 is 0.935 bits per heavy atom. The van der Waals surface area contributed by atoms with Crippen LogP contribution in [0.4, 0.5) is 0 Å². The molecule has 5 heteroatoms. The molecule has 3 aromatic carbocycles. The highest BCUT2D eigenvalue weighted by molar-refractivity contribution is 5.79. The van der Waals surface area contributed by atoms with E-state index in [-0.39, 0.29) is 32.6 Å². The third-order valence-corrected chi connectivity index (χ3v) is 8.06. The van der Waals surface area contributed by atoms with Crippen molar-refractivity contribution in [2.75, 3.05) is 6.61 Å². The van der Waals surface area contributed by atoms with E-state index in [2.05, 4.69) is 64.1 Å². The molecule has 1 saturated heterocycles. The van der Waals surface area contributed by atoms with E-state index in [1.165, 1.54) is 18.3 Å². The summed E-state index contributed by atoms with van der Waals surface area (Å²) in [5.74, 6) is 1.63. The maximum atomic E-state index is 11.6. The van der Waals surface area contributed by atoms with Crippen LogP contribution in [0.25, 0.3) is 0 Å². The summed E-state index contributed by atoms with van der Waals surface area (Å²) in [5, 5.41) is 0. The summed E-state index contributed by atoms with van der Waals surface area (Å²) < 4.78 is 19.0. The number of carbonyl (C=O) groups excluding carboxylic acids is 1. The summed E-state index contributed by atoms with van der Waals surface area (Å²) in [6.07, 6.45) is -0.406. The van der Waals surface area contributed by atoms with Gasteiger partial charge in [0.05, 0.1) is 6.61 Å². The molecule has 1 heterocycles. The van der Waals surface area contributed by atoms with Gasteiger partial charge in [0, 0.05) is 5.56 Å². The first-order valence-electron chi connectivity index (χ1n) is 10.3. The van der Waals surface area contributed by atoms with Crippen molar-refractivity contribution in [2.45, 2.75) is 39.2 Å². The van der Waals surface area contributed by atoms with Crippen LogP contribution in [0.3, 0.4) is 0 Å². The highest BCUT2D eigenvalue weighted by Crippen LogP contribution is 2.25. The lowest BCUT2D eigenvalue weighted by Crippen LogP contribution is -3.61. The quantitative estimate of drug-likeness (QED) is 0.213. The second-order valence-electron chi connectivity index (χ2n) is 8.58. The molecule has 31 heavy (non-hydrogen) atoms. The molecule has 0 amide bonds. The largest absolute Gasteiger partial charge is 0.457 e. The van der Waals surface area contributed by atoms with Gasteiger partial charge in [0.1, 0.15) is 17.2 Å². The lowest BCUT2D eigenvalue weighted by molar-refractivity contribution is -0.598. The number of rotatable bonds is 6. The standard InChI is InChI=1S/C26H26IO4/c1-17-15-22(30-20-9-11-21(12-10-20)31-25(28)24-16-29-24)13-14-23(17)27-19-7-5-18(6-8-19)26(2,3)4/h5-15,24H,16H2,1-4H3/q+1. The number of halogens is 1. The summed E-state index contributed by atoms with van der Waals surface area (Å²) in [6.45, 7) is 9.29. The fourth-order valence-electron chi connectivity index (χ4n) is 3.00. The van der Waals surface area contributed by atoms with Gasteiger partial charge in [-0.1, -0.05) is 32.9 Å². The van der Waals surface area contributed by atoms with E-state index < -0.39 is 6.10 Å². The van der Waals surface area contributed by atoms with Gasteiger partial charge in [-0.05, 0) is 72.5 Å². The van der Waals surface area contributed by atoms with Crippen molar-refractivity contribution in [3.05, 3.63) is 85.0 Å². The zero-order chi connectivity index (χ0) is 22.0. The van der Waals surface area contributed by atoms with E-state index in [1.807, 2.05) is 6.07 Å². The van der Waals surface area contributed by atoms with Gasteiger partial charge in [0.15, 0.2) is 13.2 Å². The van der Waals surface area contributed by atoms with Crippen molar-refractivity contribution < 1.29 is 40.2 Å². The summed E-state index contributed by atoms with van der Waals surface area (Å²) in [4.78, 5) is 11.6. The van der Waals surface area contributed by atoms with Gasteiger partial charge in [0.25, 0.3) is 0 Å². The Kier molecular flexibility index (Phi) is 6.34. The normalized spacial score (nSPS) is 15.4. The number of esters is 1. The highest BCUT2D eigenvalue weighted by Gasteiger charge is 2.33. The van der Waals surface area contributed by atoms with Crippen LogP contribution in [-0.2, 0) is 14.9 Å². The molecule has 1 atom stereocenters. The summed E-state index contributed by atoms with van der Waals surface area (Å²) in [7, 11) is 0. The minimum Gasteiger partial charge on any atom is -0.457 e. The van der Waals surface area contributed by atoms with Crippen molar-refractivity contribution in [1.29, 1.82) is 0 Å². The smallest absolute Gasteiger partial charge is 0.358 e. The van der Waals surface area contributed by atoms with Gasteiger partial charge in [0.2, 0.25) is 0 Å². The molecule has 160 valence electrons. The van der Waals surface area contributed by atoms with Crippen molar-refractivity contribution in [1.82, 2.24) is 0 Å². The number of hydrogen-bond donors (Lipinski definition) is 0. The Morgan fingerprint density at radius 2 is 1.55 bits per heavy atom. The fourth-order valence-corrected chi connectivity index (χ4v) is 5.33. The van der Waals surface area contributed by atoms with E-state index >= 15 is 0 Å². The molecule has 0 N–H and O–H groups in total. The van der Waals surface area contributed by atoms with Gasteiger partial charge in [-0.2, -0.15) is 0 Å². The Morgan fingerprint density at radius 3 is 2.13 bits per heavy atom. The lowest BCUT2D eigenvalue weighted by atomic mass is 9.87. The van der Waals surface area contributed by atoms with Gasteiger partial charge in [-0.25, -0.2) is 4.79 Å². The van der Waals surface area contributed by atoms with E-state index in [0.717, 1.165) is 5.75 Å². The Bertz CT molecular complexity index is 1060. The van der Waals surface area contributed by atoms with Gasteiger partial charge < -0.3 is 14.2 Å². The van der Waals surface area contributed by atoms with Crippen LogP contribution in [-0.4, -0.2) is 18.7 Å². The zero-order valence-corrected chi connectivity index (χ0v) is 20.3. The maximum Gasteiger partial charge on any atom is 0.358 e. The van der Waals surface area contributed by atoms with Crippen molar-refractivity contribution in [3.8, 4) is 17.2 Å². The first kappa shape index (κ1) is 21.8. The van der Waals surface area contributed by atoms with Gasteiger partial charge in [-0.15, -0.1) is 0 Å². The second kappa shape index (κ2) is 9.01. The van der Waals surface area contributed by atoms with Crippen LogP contribution in [0.2, 0.25) is 0 Å². The molecule has 1 aliphatic heterocycles. The first-order chi connectivity index (χ1) is 14.8. The average Bonchev–Trinajstić information content (AvgIpc) is 3.57. The summed E-state index contributed by atoms with van der Waals surface area (Å²) in [6, 6.07) is 22.3. The molecule has 0 bridgehead atoms. The summed E-state index contributed by atoms with van der Waals surface area (Å²) in [5.41, 5.74) is 2.78. The third-order valence-electron chi connectivity index (χ3n) is 4.92. The Hall–Kier alpha value is -2.38. The minimum absolute atomic E-state index is 0.178. The van der Waals surface area contributed by atoms with Crippen LogP contribution < -0.4 is 30.7 Å². The molecule has 1 unspecified atom stereocenters. The maximum absolute atomic E-state index is 11.6. The van der Waals surface area contributed by atoms with Gasteiger partial charge >= 0.3 is 27.2 Å². The zero-order valence-electron chi connectivity index (χ0n) is 18.1. The number of ether oxygens (including phenoxy) is 3. The first-order valence-corrected chi connectivity index (χ1v) is 12.4. The van der Waals surface area contributed by atoms with Crippen LogP contribution in [0.15, 0.2) is 66.7 Å². The molecule has 0 spiro atoms. The predicted molar refractivity (Wildman–Crippen MR) is 116 cm³/mol. The number of hydrogen-bond acceptors (Lipinski definition) is 4. The predicted octanol–water partition coefficient (Wildman–Crippen LogP) is 2.52. The highest BCUT2D eigenvalue weighted by atomic mass is 127. The minimum atomic E-state index is -0.406. The molecule has 0 radical (unpaired) electrons. The number of benzene rings is 3. The topological polar surface area (TPSA) is 48.1 Å². The lowest BCUT2D eigenvalue weighted by Gasteiger charge is -2.18. The Labute approximate surface area is 193 Å². The van der Waals surface area contributed by atoms with Crippen molar-refractivity contribution >= 4 is 5.97 Å². The SMILES string of the molecule is Cc1cc(Oc2ccc(OC(=O)C3CO3)cc2)ccc1[I+]c1ccc(C(C)(C)C)cc1. The van der Waals surface area contributed by atoms with Crippen molar-refractivity contribution in [2.24, 2.45) is 0 Å². The molecule has 3 aromatic rings. The van der Waals surface area contributed by atoms with E-state index in [0.29, 0.717) is 18.1 Å². The molecular formula is C26H26IO4+. The molecule has 4 rings (SSSR count). The van der Waals surface area contributed by atoms with Crippen LogP contribution >= 0.6 is 0 Å². The molecular weight excluding hydrogens is 503 g/mol. The van der Waals surface area contributed by atoms with E-state index in [4.69, 9.17) is 14.2 Å². The van der Waals surface area contributed by atoms with Crippen LogP contribution in [0.1, 0.15) is 31.9 Å². The number of epoxide rings is 1. The molecule has 1 fully saturated rings. The number of aryl methyl sites for hydroxylation is 1.